The molecule has 7 heteroatoms. The van der Waals surface area contributed by atoms with Crippen molar-refractivity contribution in [2.45, 2.75) is 17.7 Å². The number of amides is 1. The van der Waals surface area contributed by atoms with Crippen molar-refractivity contribution in [2.24, 2.45) is 11.8 Å². The predicted octanol–water partition coefficient (Wildman–Crippen LogP) is 4.92. The molecule has 2 N–H and O–H groups in total. The zero-order valence-corrected chi connectivity index (χ0v) is 17.1. The van der Waals surface area contributed by atoms with E-state index >= 15 is 0 Å². The molecule has 29 heavy (non-hydrogen) atoms. The number of carbonyl (C=O) groups excluding carboxylic acids is 2. The molecular weight excluding hydrogens is 410 g/mol. The first kappa shape index (κ1) is 21.1. The smallest absolute Gasteiger partial charge is 0.307 e. The van der Waals surface area contributed by atoms with Crippen molar-refractivity contribution in [3.8, 4) is 0 Å². The lowest BCUT2D eigenvalue weighted by molar-refractivity contribution is -0.146. The van der Waals surface area contributed by atoms with Crippen LogP contribution in [0.5, 0.6) is 0 Å². The van der Waals surface area contributed by atoms with Gasteiger partial charge in [-0.2, -0.15) is 0 Å². The summed E-state index contributed by atoms with van der Waals surface area (Å²) >= 11 is 7.42. The fourth-order valence-corrected chi connectivity index (χ4v) is 4.27. The van der Waals surface area contributed by atoms with Crippen LogP contribution in [-0.2, 0) is 9.59 Å². The number of aliphatic carboxylic acids is 1. The van der Waals surface area contributed by atoms with Gasteiger partial charge in [-0.1, -0.05) is 42.0 Å². The van der Waals surface area contributed by atoms with Gasteiger partial charge in [0.15, 0.2) is 5.78 Å². The Hall–Kier alpha value is -2.57. The monoisotopic (exact) mass is 429 g/mol. The molecule has 0 aliphatic heterocycles. The third-order valence-electron chi connectivity index (χ3n) is 4.73. The van der Waals surface area contributed by atoms with Gasteiger partial charge in [0.2, 0.25) is 5.91 Å². The van der Waals surface area contributed by atoms with Crippen molar-refractivity contribution in [3.05, 3.63) is 71.3 Å². The highest BCUT2D eigenvalue weighted by Gasteiger charge is 2.33. The molecular formula is C22H20ClNO4S. The van der Waals surface area contributed by atoms with Gasteiger partial charge in [-0.05, 0) is 43.2 Å². The van der Waals surface area contributed by atoms with Crippen molar-refractivity contribution >= 4 is 46.7 Å². The van der Waals surface area contributed by atoms with Crippen LogP contribution in [0.25, 0.3) is 0 Å². The van der Waals surface area contributed by atoms with E-state index < -0.39 is 17.8 Å². The fraction of sp³-hybridized carbons (Fsp3) is 0.227. The Morgan fingerprint density at radius 2 is 1.76 bits per heavy atom. The number of hydrogen-bond acceptors (Lipinski definition) is 4. The van der Waals surface area contributed by atoms with Crippen LogP contribution in [0.1, 0.15) is 23.2 Å². The number of carboxylic acid groups (broad SMARTS) is 1. The Kier molecular flexibility index (Phi) is 7.12. The molecule has 1 aliphatic carbocycles. The average Bonchev–Trinajstić information content (AvgIpc) is 2.72. The lowest BCUT2D eigenvalue weighted by Crippen LogP contribution is -2.34. The van der Waals surface area contributed by atoms with Crippen LogP contribution in [0.2, 0.25) is 5.02 Å². The highest BCUT2D eigenvalue weighted by atomic mass is 35.5. The molecule has 2 aromatic carbocycles. The van der Waals surface area contributed by atoms with Crippen molar-refractivity contribution in [2.75, 3.05) is 11.1 Å². The Morgan fingerprint density at radius 1 is 1.03 bits per heavy atom. The number of benzene rings is 2. The lowest BCUT2D eigenvalue weighted by Gasteiger charge is -2.24. The molecule has 1 aliphatic rings. The summed E-state index contributed by atoms with van der Waals surface area (Å²) in [6, 6.07) is 14.1. The fourth-order valence-electron chi connectivity index (χ4n) is 3.19. The molecule has 0 heterocycles. The second kappa shape index (κ2) is 9.76. The van der Waals surface area contributed by atoms with Gasteiger partial charge in [-0.25, -0.2) is 0 Å². The highest BCUT2D eigenvalue weighted by Crippen LogP contribution is 2.29. The van der Waals surface area contributed by atoms with E-state index in [9.17, 15) is 19.5 Å². The summed E-state index contributed by atoms with van der Waals surface area (Å²) in [5, 5.41) is 12.6. The predicted molar refractivity (Wildman–Crippen MR) is 115 cm³/mol. The van der Waals surface area contributed by atoms with Crippen LogP contribution in [0.4, 0.5) is 5.69 Å². The molecule has 2 unspecified atom stereocenters. The maximum Gasteiger partial charge on any atom is 0.307 e. The van der Waals surface area contributed by atoms with E-state index in [4.69, 9.17) is 11.6 Å². The van der Waals surface area contributed by atoms with Gasteiger partial charge in [0.1, 0.15) is 0 Å². The number of Topliss-reactive ketones (excluding diaryl/α,β-unsaturated/α-hetero) is 1. The molecule has 0 bridgehead atoms. The summed E-state index contributed by atoms with van der Waals surface area (Å²) in [5.41, 5.74) is 1.06. The van der Waals surface area contributed by atoms with Crippen LogP contribution < -0.4 is 5.32 Å². The molecule has 0 fully saturated rings. The molecule has 0 saturated carbocycles. The van der Waals surface area contributed by atoms with E-state index in [1.807, 2.05) is 12.1 Å². The van der Waals surface area contributed by atoms with E-state index in [1.165, 1.54) is 11.8 Å². The van der Waals surface area contributed by atoms with Crippen LogP contribution >= 0.6 is 23.4 Å². The number of halogens is 1. The van der Waals surface area contributed by atoms with E-state index in [1.54, 1.807) is 48.5 Å². The third kappa shape index (κ3) is 5.49. The topological polar surface area (TPSA) is 83.5 Å². The molecule has 0 spiro atoms. The van der Waals surface area contributed by atoms with E-state index in [0.29, 0.717) is 29.1 Å². The first-order chi connectivity index (χ1) is 14.0. The van der Waals surface area contributed by atoms with E-state index in [2.05, 4.69) is 5.32 Å². The summed E-state index contributed by atoms with van der Waals surface area (Å²) in [4.78, 5) is 37.2. The number of allylic oxidation sites excluding steroid dienone is 2. The van der Waals surface area contributed by atoms with Crippen LogP contribution in [0, 0.1) is 11.8 Å². The quantitative estimate of drug-likeness (QED) is 0.370. The minimum Gasteiger partial charge on any atom is -0.481 e. The van der Waals surface area contributed by atoms with Gasteiger partial charge in [0, 0.05) is 16.1 Å². The Bertz CT molecular complexity index is 959. The van der Waals surface area contributed by atoms with Crippen molar-refractivity contribution in [1.82, 2.24) is 0 Å². The molecule has 0 saturated heterocycles. The number of hydrogen-bond donors (Lipinski definition) is 2. The summed E-state index contributed by atoms with van der Waals surface area (Å²) in [5.74, 6) is -2.45. The molecule has 150 valence electrons. The SMILES string of the molecule is O=C(CSc1cccc(NC(=O)C2CC=CCC2C(=O)O)c1)c1ccccc1Cl. The first-order valence-electron chi connectivity index (χ1n) is 9.15. The Morgan fingerprint density at radius 3 is 2.48 bits per heavy atom. The average molecular weight is 430 g/mol. The van der Waals surface area contributed by atoms with Gasteiger partial charge < -0.3 is 10.4 Å². The summed E-state index contributed by atoms with van der Waals surface area (Å²) < 4.78 is 0. The van der Waals surface area contributed by atoms with Gasteiger partial charge in [0.25, 0.3) is 0 Å². The van der Waals surface area contributed by atoms with Gasteiger partial charge in [0.05, 0.1) is 22.6 Å². The standard InChI is InChI=1S/C22H20ClNO4S/c23-19-11-4-3-10-18(19)20(25)13-29-15-7-5-6-14(12-15)24-21(26)16-8-1-2-9-17(16)22(27)28/h1-7,10-12,16-17H,8-9,13H2,(H,24,26)(H,27,28). The van der Waals surface area contributed by atoms with Crippen molar-refractivity contribution in [3.63, 3.8) is 0 Å². The second-order valence-electron chi connectivity index (χ2n) is 6.70. The molecule has 5 nitrogen and oxygen atoms in total. The van der Waals surface area contributed by atoms with E-state index in [0.717, 1.165) is 4.90 Å². The van der Waals surface area contributed by atoms with Crippen molar-refractivity contribution < 1.29 is 19.5 Å². The van der Waals surface area contributed by atoms with Crippen LogP contribution in [0.3, 0.4) is 0 Å². The highest BCUT2D eigenvalue weighted by molar-refractivity contribution is 8.00. The van der Waals surface area contributed by atoms with Crippen LogP contribution in [0.15, 0.2) is 65.6 Å². The second-order valence-corrected chi connectivity index (χ2v) is 8.16. The minimum absolute atomic E-state index is 0.0756. The molecule has 0 aromatic heterocycles. The number of carboxylic acids is 1. The molecule has 1 amide bonds. The summed E-state index contributed by atoms with van der Waals surface area (Å²) in [6.07, 6.45) is 4.41. The number of carbonyl (C=O) groups is 3. The maximum absolute atomic E-state index is 12.6. The lowest BCUT2D eigenvalue weighted by atomic mass is 9.82. The number of nitrogens with one attached hydrogen (secondary N) is 1. The molecule has 2 atom stereocenters. The minimum atomic E-state index is -0.961. The largest absolute Gasteiger partial charge is 0.481 e. The van der Waals surface area contributed by atoms with Crippen LogP contribution in [-0.4, -0.2) is 28.5 Å². The summed E-state index contributed by atoms with van der Waals surface area (Å²) in [7, 11) is 0. The number of rotatable bonds is 7. The van der Waals surface area contributed by atoms with Gasteiger partial charge >= 0.3 is 5.97 Å². The Labute approximate surface area is 178 Å². The number of thioether (sulfide) groups is 1. The summed E-state index contributed by atoms with van der Waals surface area (Å²) in [6.45, 7) is 0. The first-order valence-corrected chi connectivity index (χ1v) is 10.5. The normalized spacial score (nSPS) is 18.2. The zero-order chi connectivity index (χ0) is 20.8. The molecule has 2 aromatic rings. The number of anilines is 1. The van der Waals surface area contributed by atoms with Crippen molar-refractivity contribution in [1.29, 1.82) is 0 Å². The zero-order valence-electron chi connectivity index (χ0n) is 15.5. The van der Waals surface area contributed by atoms with Gasteiger partial charge in [-0.15, -0.1) is 11.8 Å². The molecule has 3 rings (SSSR count). The molecule has 0 radical (unpaired) electrons. The number of ketones is 1. The third-order valence-corrected chi connectivity index (χ3v) is 6.06. The Balaban J connectivity index is 1.63. The maximum atomic E-state index is 12.6. The van der Waals surface area contributed by atoms with Gasteiger partial charge in [-0.3, -0.25) is 14.4 Å². The van der Waals surface area contributed by atoms with E-state index in [-0.39, 0.29) is 17.4 Å².